The van der Waals surface area contributed by atoms with Crippen molar-refractivity contribution in [2.45, 2.75) is 51.9 Å². The van der Waals surface area contributed by atoms with Gasteiger partial charge in [0, 0.05) is 39.1 Å². The Balaban J connectivity index is 1.40. The third kappa shape index (κ3) is 3.66. The van der Waals surface area contributed by atoms with Crippen LogP contribution in [0, 0.1) is 12.3 Å². The molecule has 0 atom stereocenters. The van der Waals surface area contributed by atoms with Crippen LogP contribution in [0.15, 0.2) is 4.52 Å². The molecule has 6 nitrogen and oxygen atoms in total. The maximum atomic E-state index is 12.3. The van der Waals surface area contributed by atoms with Crippen molar-refractivity contribution in [1.82, 2.24) is 15.0 Å². The van der Waals surface area contributed by atoms with Gasteiger partial charge in [-0.1, -0.05) is 5.16 Å². The van der Waals surface area contributed by atoms with Crippen LogP contribution >= 0.6 is 0 Å². The highest BCUT2D eigenvalue weighted by molar-refractivity contribution is 5.76. The summed E-state index contributed by atoms with van der Waals surface area (Å²) in [6, 6.07) is 0. The average Bonchev–Trinajstić information content (AvgIpc) is 2.94. The van der Waals surface area contributed by atoms with Gasteiger partial charge in [0.25, 0.3) is 0 Å². The summed E-state index contributed by atoms with van der Waals surface area (Å²) in [5, 5.41) is 3.76. The van der Waals surface area contributed by atoms with Gasteiger partial charge in [0.2, 0.25) is 11.8 Å². The molecule has 2 aliphatic rings. The minimum atomic E-state index is 0.262. The SMILES string of the molecule is Cc1noc(CCCC(=O)N2CCC3(CCOCC3)CC2)n1. The molecule has 6 heteroatoms. The Morgan fingerprint density at radius 2 is 1.95 bits per heavy atom. The first-order valence-corrected chi connectivity index (χ1v) is 8.32. The van der Waals surface area contributed by atoms with E-state index in [2.05, 4.69) is 10.1 Å². The Labute approximate surface area is 131 Å². The number of carbonyl (C=O) groups is 1. The third-order valence-corrected chi connectivity index (χ3v) is 5.08. The molecule has 0 aliphatic carbocycles. The van der Waals surface area contributed by atoms with E-state index < -0.39 is 0 Å². The Kier molecular flexibility index (Phi) is 4.76. The number of carbonyl (C=O) groups excluding carboxylic acids is 1. The van der Waals surface area contributed by atoms with Crippen molar-refractivity contribution < 1.29 is 14.1 Å². The summed E-state index contributed by atoms with van der Waals surface area (Å²) in [4.78, 5) is 18.5. The Morgan fingerprint density at radius 3 is 2.59 bits per heavy atom. The lowest BCUT2D eigenvalue weighted by molar-refractivity contribution is -0.134. The zero-order valence-corrected chi connectivity index (χ0v) is 13.3. The van der Waals surface area contributed by atoms with Crippen molar-refractivity contribution in [2.75, 3.05) is 26.3 Å². The van der Waals surface area contributed by atoms with Gasteiger partial charge in [-0.25, -0.2) is 0 Å². The van der Waals surface area contributed by atoms with Gasteiger partial charge < -0.3 is 14.2 Å². The number of aromatic nitrogens is 2. The highest BCUT2D eigenvalue weighted by Gasteiger charge is 2.36. The predicted molar refractivity (Wildman–Crippen MR) is 80.3 cm³/mol. The monoisotopic (exact) mass is 307 g/mol. The van der Waals surface area contributed by atoms with Gasteiger partial charge in [0.05, 0.1) is 0 Å². The fourth-order valence-electron chi connectivity index (χ4n) is 3.53. The molecule has 3 rings (SSSR count). The molecule has 0 bridgehead atoms. The Hall–Kier alpha value is -1.43. The van der Waals surface area contributed by atoms with Crippen molar-refractivity contribution in [3.8, 4) is 0 Å². The number of hydrogen-bond donors (Lipinski definition) is 0. The molecule has 122 valence electrons. The van der Waals surface area contributed by atoms with E-state index in [1.807, 2.05) is 4.90 Å². The third-order valence-electron chi connectivity index (χ3n) is 5.08. The molecule has 1 spiro atoms. The molecule has 0 N–H and O–H groups in total. The topological polar surface area (TPSA) is 68.5 Å². The molecule has 2 fully saturated rings. The molecule has 1 aromatic heterocycles. The Morgan fingerprint density at radius 1 is 1.23 bits per heavy atom. The van der Waals surface area contributed by atoms with Gasteiger partial charge in [0.15, 0.2) is 5.82 Å². The molecule has 2 saturated heterocycles. The summed E-state index contributed by atoms with van der Waals surface area (Å²) in [5.41, 5.74) is 0.441. The largest absolute Gasteiger partial charge is 0.381 e. The number of amides is 1. The molecular formula is C16H25N3O3. The first kappa shape index (κ1) is 15.5. The number of piperidine rings is 1. The second kappa shape index (κ2) is 6.77. The van der Waals surface area contributed by atoms with E-state index >= 15 is 0 Å². The van der Waals surface area contributed by atoms with Crippen LogP contribution in [0.3, 0.4) is 0 Å². The standard InChI is InChI=1S/C16H25N3O3/c1-13-17-14(22-18-13)3-2-4-15(20)19-9-5-16(6-10-19)7-11-21-12-8-16/h2-12H2,1H3. The molecule has 0 unspecified atom stereocenters. The minimum absolute atomic E-state index is 0.262. The van der Waals surface area contributed by atoms with Crippen LogP contribution in [0.2, 0.25) is 0 Å². The average molecular weight is 307 g/mol. The lowest BCUT2D eigenvalue weighted by atomic mass is 9.72. The number of likely N-dealkylation sites (tertiary alicyclic amines) is 1. The van der Waals surface area contributed by atoms with Crippen LogP contribution < -0.4 is 0 Å². The van der Waals surface area contributed by atoms with Gasteiger partial charge in [-0.2, -0.15) is 4.98 Å². The predicted octanol–water partition coefficient (Wildman–Crippen LogP) is 2.12. The van der Waals surface area contributed by atoms with Gasteiger partial charge in [-0.15, -0.1) is 0 Å². The molecule has 2 aliphatic heterocycles. The molecular weight excluding hydrogens is 282 g/mol. The molecule has 1 aromatic rings. The molecule has 0 saturated carbocycles. The lowest BCUT2D eigenvalue weighted by Gasteiger charge is -2.44. The molecule has 0 radical (unpaired) electrons. The van der Waals surface area contributed by atoms with Crippen molar-refractivity contribution in [1.29, 1.82) is 0 Å². The molecule has 1 amide bonds. The lowest BCUT2D eigenvalue weighted by Crippen LogP contribution is -2.45. The summed E-state index contributed by atoms with van der Waals surface area (Å²) in [6.45, 7) is 5.38. The van der Waals surface area contributed by atoms with Crippen LogP contribution in [0.4, 0.5) is 0 Å². The van der Waals surface area contributed by atoms with Crippen molar-refractivity contribution in [3.05, 3.63) is 11.7 Å². The summed E-state index contributed by atoms with van der Waals surface area (Å²) in [5.74, 6) is 1.54. The number of rotatable bonds is 4. The smallest absolute Gasteiger partial charge is 0.226 e. The van der Waals surface area contributed by atoms with Gasteiger partial charge in [-0.3, -0.25) is 4.79 Å². The second-order valence-corrected chi connectivity index (χ2v) is 6.58. The fraction of sp³-hybridized carbons (Fsp3) is 0.812. The number of nitrogens with zero attached hydrogens (tertiary/aromatic N) is 3. The number of ether oxygens (including phenoxy) is 1. The van der Waals surface area contributed by atoms with E-state index in [1.165, 1.54) is 0 Å². The summed E-state index contributed by atoms with van der Waals surface area (Å²) >= 11 is 0. The van der Waals surface area contributed by atoms with Crippen LogP contribution in [-0.2, 0) is 16.0 Å². The highest BCUT2D eigenvalue weighted by Crippen LogP contribution is 2.40. The Bertz CT molecular complexity index is 498. The van der Waals surface area contributed by atoms with Gasteiger partial charge in [-0.05, 0) is 44.4 Å². The van der Waals surface area contributed by atoms with Crippen LogP contribution in [0.1, 0.15) is 50.2 Å². The minimum Gasteiger partial charge on any atom is -0.381 e. The van der Waals surface area contributed by atoms with Crippen LogP contribution in [0.5, 0.6) is 0 Å². The first-order valence-electron chi connectivity index (χ1n) is 8.32. The zero-order valence-electron chi connectivity index (χ0n) is 13.3. The normalized spacial score (nSPS) is 21.2. The maximum Gasteiger partial charge on any atom is 0.226 e. The van der Waals surface area contributed by atoms with Gasteiger partial charge >= 0.3 is 0 Å². The van der Waals surface area contributed by atoms with E-state index in [4.69, 9.17) is 9.26 Å². The second-order valence-electron chi connectivity index (χ2n) is 6.58. The van der Waals surface area contributed by atoms with Crippen molar-refractivity contribution in [2.24, 2.45) is 5.41 Å². The van der Waals surface area contributed by atoms with E-state index in [1.54, 1.807) is 6.92 Å². The first-order chi connectivity index (χ1) is 10.7. The molecule has 0 aromatic carbocycles. The molecule has 22 heavy (non-hydrogen) atoms. The number of aryl methyl sites for hydroxylation is 2. The van der Waals surface area contributed by atoms with Crippen molar-refractivity contribution in [3.63, 3.8) is 0 Å². The quantitative estimate of drug-likeness (QED) is 0.852. The van der Waals surface area contributed by atoms with E-state index in [0.717, 1.165) is 58.4 Å². The summed E-state index contributed by atoms with van der Waals surface area (Å²) in [6.07, 6.45) is 6.60. The summed E-state index contributed by atoms with van der Waals surface area (Å²) < 4.78 is 10.5. The fourth-order valence-corrected chi connectivity index (χ4v) is 3.53. The van der Waals surface area contributed by atoms with Crippen molar-refractivity contribution >= 4 is 5.91 Å². The van der Waals surface area contributed by atoms with E-state index in [0.29, 0.717) is 30.0 Å². The summed E-state index contributed by atoms with van der Waals surface area (Å²) in [7, 11) is 0. The van der Waals surface area contributed by atoms with Crippen LogP contribution in [-0.4, -0.2) is 47.3 Å². The van der Waals surface area contributed by atoms with E-state index in [-0.39, 0.29) is 5.91 Å². The van der Waals surface area contributed by atoms with E-state index in [9.17, 15) is 4.79 Å². The number of hydrogen-bond acceptors (Lipinski definition) is 5. The van der Waals surface area contributed by atoms with Crippen LogP contribution in [0.25, 0.3) is 0 Å². The molecule has 3 heterocycles. The van der Waals surface area contributed by atoms with Gasteiger partial charge in [0.1, 0.15) is 0 Å². The highest BCUT2D eigenvalue weighted by atomic mass is 16.5. The zero-order chi connectivity index (χ0) is 15.4. The maximum absolute atomic E-state index is 12.3.